The Morgan fingerprint density at radius 1 is 0.667 bits per heavy atom. The van der Waals surface area contributed by atoms with E-state index in [2.05, 4.69) is 36.4 Å². The van der Waals surface area contributed by atoms with E-state index in [9.17, 15) is 0 Å². The molecule has 3 heteroatoms. The van der Waals surface area contributed by atoms with Crippen LogP contribution in [-0.2, 0) is 34.5 Å². The first-order valence-corrected chi connectivity index (χ1v) is 10.8. The Labute approximate surface area is 139 Å². The first-order chi connectivity index (χ1) is 10.4. The van der Waals surface area contributed by atoms with Gasteiger partial charge in [0.2, 0.25) is 0 Å². The topological polar surface area (TPSA) is 0 Å². The van der Waals surface area contributed by atoms with Crippen molar-refractivity contribution >= 4 is 35.3 Å². The van der Waals surface area contributed by atoms with Crippen LogP contribution in [0.5, 0.6) is 0 Å². The van der Waals surface area contributed by atoms with Crippen molar-refractivity contribution in [2.24, 2.45) is 0 Å². The molecule has 0 fully saturated rings. The van der Waals surface area contributed by atoms with Crippen LogP contribution in [0.4, 0.5) is 0 Å². The van der Waals surface area contributed by atoms with Gasteiger partial charge in [0, 0.05) is 34.5 Å². The van der Waals surface area contributed by atoms with Gasteiger partial charge >= 0.3 is 0 Å². The molecule has 108 valence electrons. The Hall–Kier alpha value is -0.510. The normalized spacial score (nSPS) is 16.0. The lowest BCUT2D eigenvalue weighted by Crippen LogP contribution is -1.89. The third-order valence-corrected chi connectivity index (χ3v) is 7.24. The molecular weight excluding hydrogens is 312 g/mol. The Kier molecular flexibility index (Phi) is 4.24. The number of rotatable bonds is 4. The minimum Gasteiger partial charge on any atom is -0.152 e. The summed E-state index contributed by atoms with van der Waals surface area (Å²) >= 11 is 6.11. The summed E-state index contributed by atoms with van der Waals surface area (Å²) in [7, 11) is 0. The summed E-state index contributed by atoms with van der Waals surface area (Å²) in [4.78, 5) is 0. The largest absolute Gasteiger partial charge is 0.152 e. The highest BCUT2D eigenvalue weighted by Crippen LogP contribution is 2.33. The predicted molar refractivity (Wildman–Crippen MR) is 97.9 cm³/mol. The molecule has 0 atom stereocenters. The molecule has 0 saturated heterocycles. The third kappa shape index (κ3) is 3.15. The number of hydrogen-bond donors (Lipinski definition) is 0. The average molecular weight is 331 g/mol. The lowest BCUT2D eigenvalue weighted by atomic mass is 10.1. The molecule has 4 rings (SSSR count). The van der Waals surface area contributed by atoms with Crippen LogP contribution in [0.1, 0.15) is 33.4 Å². The van der Waals surface area contributed by atoms with Crippen molar-refractivity contribution in [2.45, 2.75) is 34.5 Å². The Morgan fingerprint density at radius 3 is 1.67 bits per heavy atom. The van der Waals surface area contributed by atoms with Gasteiger partial charge in [-0.3, -0.25) is 0 Å². The first-order valence-electron chi connectivity index (χ1n) is 7.33. The van der Waals surface area contributed by atoms with Crippen molar-refractivity contribution in [1.29, 1.82) is 0 Å². The molecular formula is C18H18S3. The molecule has 0 aliphatic carbocycles. The van der Waals surface area contributed by atoms with Crippen LogP contribution in [0.3, 0.4) is 0 Å². The second-order valence-electron chi connectivity index (χ2n) is 5.68. The van der Waals surface area contributed by atoms with Crippen LogP contribution < -0.4 is 0 Å². The van der Waals surface area contributed by atoms with Gasteiger partial charge in [-0.1, -0.05) is 36.4 Å². The minimum atomic E-state index is 1.13. The van der Waals surface area contributed by atoms with Gasteiger partial charge in [0.25, 0.3) is 0 Å². The standard InChI is InChI=1S/C18H18S3/c1-3-15-9-20-11-17(15)5-13(1)7-19-8-14-2-4-16-10-21-12-18(16)6-14/h1-6H,7-12H2. The lowest BCUT2D eigenvalue weighted by molar-refractivity contribution is 1.27. The summed E-state index contributed by atoms with van der Waals surface area (Å²) in [6.45, 7) is 0. The second kappa shape index (κ2) is 6.31. The molecule has 0 bridgehead atoms. The molecule has 0 nitrogen and oxygen atoms in total. The zero-order valence-corrected chi connectivity index (χ0v) is 14.4. The molecule has 0 unspecified atom stereocenters. The third-order valence-electron chi connectivity index (χ3n) is 4.11. The van der Waals surface area contributed by atoms with E-state index in [0.717, 1.165) is 11.5 Å². The second-order valence-corrected chi connectivity index (χ2v) is 8.64. The van der Waals surface area contributed by atoms with Crippen molar-refractivity contribution < 1.29 is 0 Å². The van der Waals surface area contributed by atoms with Crippen molar-refractivity contribution in [3.63, 3.8) is 0 Å². The van der Waals surface area contributed by atoms with Crippen LogP contribution in [0.2, 0.25) is 0 Å². The van der Waals surface area contributed by atoms with E-state index in [0.29, 0.717) is 0 Å². The quantitative estimate of drug-likeness (QED) is 0.715. The fourth-order valence-electron chi connectivity index (χ4n) is 2.92. The summed E-state index contributed by atoms with van der Waals surface area (Å²) in [5.41, 5.74) is 9.19. The SMILES string of the molecule is c1cc2c(cc1CSCc1ccc3c(c1)CSC3)CSC2. The molecule has 0 aromatic heterocycles. The van der Waals surface area contributed by atoms with Crippen molar-refractivity contribution in [2.75, 3.05) is 0 Å². The average Bonchev–Trinajstić information content (AvgIpc) is 3.14. The zero-order chi connectivity index (χ0) is 14.1. The zero-order valence-electron chi connectivity index (χ0n) is 11.9. The monoisotopic (exact) mass is 330 g/mol. The van der Waals surface area contributed by atoms with Crippen molar-refractivity contribution in [1.82, 2.24) is 0 Å². The van der Waals surface area contributed by atoms with Gasteiger partial charge in [-0.15, -0.1) is 0 Å². The maximum Gasteiger partial charge on any atom is 0.0191 e. The summed E-state index contributed by atoms with van der Waals surface area (Å²) in [6.07, 6.45) is 0. The highest BCUT2D eigenvalue weighted by molar-refractivity contribution is 7.98. The molecule has 2 aromatic carbocycles. The number of thioether (sulfide) groups is 3. The molecule has 21 heavy (non-hydrogen) atoms. The molecule has 2 heterocycles. The van der Waals surface area contributed by atoms with Gasteiger partial charge in [-0.25, -0.2) is 0 Å². The van der Waals surface area contributed by atoms with Crippen LogP contribution in [-0.4, -0.2) is 0 Å². The van der Waals surface area contributed by atoms with Gasteiger partial charge in [0.15, 0.2) is 0 Å². The maximum atomic E-state index is 2.42. The van der Waals surface area contributed by atoms with E-state index < -0.39 is 0 Å². The fraction of sp³-hybridized carbons (Fsp3) is 0.333. The smallest absolute Gasteiger partial charge is 0.0191 e. The first kappa shape index (κ1) is 14.1. The molecule has 2 aliphatic rings. The van der Waals surface area contributed by atoms with Crippen LogP contribution in [0.25, 0.3) is 0 Å². The van der Waals surface area contributed by atoms with E-state index in [1.807, 2.05) is 35.3 Å². The molecule has 0 N–H and O–H groups in total. The Balaban J connectivity index is 1.37. The number of fused-ring (bicyclic) bond motifs is 2. The molecule has 0 saturated carbocycles. The molecule has 0 amide bonds. The lowest BCUT2D eigenvalue weighted by Gasteiger charge is -2.06. The fourth-order valence-corrected chi connectivity index (χ4v) is 6.03. The molecule has 0 radical (unpaired) electrons. The van der Waals surface area contributed by atoms with E-state index in [1.54, 1.807) is 22.3 Å². The van der Waals surface area contributed by atoms with Gasteiger partial charge in [0.1, 0.15) is 0 Å². The highest BCUT2D eigenvalue weighted by atomic mass is 32.2. The molecule has 2 aliphatic heterocycles. The van der Waals surface area contributed by atoms with E-state index in [4.69, 9.17) is 0 Å². The van der Waals surface area contributed by atoms with Crippen molar-refractivity contribution in [3.8, 4) is 0 Å². The van der Waals surface area contributed by atoms with Gasteiger partial charge in [0.05, 0.1) is 0 Å². The highest BCUT2D eigenvalue weighted by Gasteiger charge is 2.12. The summed E-state index contributed by atoms with van der Waals surface area (Å²) in [5, 5.41) is 0. The number of hydrogen-bond acceptors (Lipinski definition) is 3. The molecule has 0 spiro atoms. The molecule has 2 aromatic rings. The van der Waals surface area contributed by atoms with Crippen LogP contribution in [0.15, 0.2) is 36.4 Å². The Morgan fingerprint density at radius 2 is 1.14 bits per heavy atom. The van der Waals surface area contributed by atoms with Gasteiger partial charge < -0.3 is 0 Å². The van der Waals surface area contributed by atoms with E-state index >= 15 is 0 Å². The Bertz CT molecular complexity index is 606. The maximum absolute atomic E-state index is 2.42. The van der Waals surface area contributed by atoms with Crippen LogP contribution in [0, 0.1) is 0 Å². The van der Waals surface area contributed by atoms with Gasteiger partial charge in [-0.2, -0.15) is 35.3 Å². The van der Waals surface area contributed by atoms with E-state index in [-0.39, 0.29) is 0 Å². The minimum absolute atomic E-state index is 1.13. The summed E-state index contributed by atoms with van der Waals surface area (Å²) in [5.74, 6) is 7.08. The van der Waals surface area contributed by atoms with Crippen LogP contribution >= 0.6 is 35.3 Å². The van der Waals surface area contributed by atoms with Crippen molar-refractivity contribution in [3.05, 3.63) is 69.8 Å². The summed E-state index contributed by atoms with van der Waals surface area (Å²) < 4.78 is 0. The summed E-state index contributed by atoms with van der Waals surface area (Å²) in [6, 6.07) is 14.1. The number of benzene rings is 2. The van der Waals surface area contributed by atoms with Gasteiger partial charge in [-0.05, 0) is 33.4 Å². The predicted octanol–water partition coefficient (Wildman–Crippen LogP) is 5.61. The van der Waals surface area contributed by atoms with E-state index in [1.165, 1.54) is 34.1 Å².